The second-order valence-electron chi connectivity index (χ2n) is 5.85. The number of aromatic nitrogens is 2. The molecule has 1 unspecified atom stereocenters. The highest BCUT2D eigenvalue weighted by Gasteiger charge is 2.26. The second-order valence-corrected chi connectivity index (χ2v) is 5.85. The molecule has 0 bridgehead atoms. The van der Waals surface area contributed by atoms with E-state index in [1.807, 2.05) is 48.5 Å². The first-order valence-electron chi connectivity index (χ1n) is 7.42. The van der Waals surface area contributed by atoms with Crippen molar-refractivity contribution in [1.29, 1.82) is 0 Å². The van der Waals surface area contributed by atoms with Crippen LogP contribution >= 0.6 is 0 Å². The van der Waals surface area contributed by atoms with Crippen molar-refractivity contribution in [3.05, 3.63) is 11.3 Å². The molecule has 0 saturated heterocycles. The Morgan fingerprint density at radius 2 is 2.00 bits per heavy atom. The van der Waals surface area contributed by atoms with Crippen molar-refractivity contribution in [1.82, 2.24) is 15.1 Å². The molecule has 1 aromatic rings. The van der Waals surface area contributed by atoms with Crippen LogP contribution < -0.4 is 10.1 Å². The maximum Gasteiger partial charge on any atom is 0.408 e. The van der Waals surface area contributed by atoms with Crippen molar-refractivity contribution in [3.63, 3.8) is 0 Å². The Bertz CT molecular complexity index is 489. The fraction of sp³-hybridized carbons (Fsp3) is 0.733. The number of rotatable bonds is 1. The molecule has 0 saturated carbocycles. The summed E-state index contributed by atoms with van der Waals surface area (Å²) in [6.45, 7) is 14.5. The number of aryl methyl sites for hydroxylation is 1. The van der Waals surface area contributed by atoms with E-state index in [0.29, 0.717) is 13.2 Å². The Morgan fingerprint density at radius 1 is 1.38 bits per heavy atom. The molecule has 1 amide bonds. The fourth-order valence-corrected chi connectivity index (χ4v) is 1.96. The van der Waals surface area contributed by atoms with Gasteiger partial charge in [-0.3, -0.25) is 0 Å². The molecule has 6 heteroatoms. The highest BCUT2D eigenvalue weighted by Crippen LogP contribution is 2.24. The van der Waals surface area contributed by atoms with E-state index in [2.05, 4.69) is 10.4 Å². The first kappa shape index (κ1) is 17.3. The van der Waals surface area contributed by atoms with Crippen LogP contribution in [0.1, 0.15) is 45.9 Å². The van der Waals surface area contributed by atoms with E-state index < -0.39 is 11.7 Å². The molecule has 1 aliphatic heterocycles. The highest BCUT2D eigenvalue weighted by atomic mass is 16.6. The van der Waals surface area contributed by atoms with E-state index in [1.165, 1.54) is 0 Å². The van der Waals surface area contributed by atoms with Gasteiger partial charge in [-0.25, -0.2) is 9.48 Å². The summed E-state index contributed by atoms with van der Waals surface area (Å²) in [6, 6.07) is -0.124. The molecule has 1 aliphatic rings. The lowest BCUT2D eigenvalue weighted by atomic mass is 10.2. The number of hydrogen-bond donors (Lipinski definition) is 1. The molecule has 6 nitrogen and oxygen atoms in total. The zero-order valence-corrected chi connectivity index (χ0v) is 14.1. The summed E-state index contributed by atoms with van der Waals surface area (Å²) in [5.74, 6) is 0.791. The summed E-state index contributed by atoms with van der Waals surface area (Å²) in [7, 11) is 0. The summed E-state index contributed by atoms with van der Waals surface area (Å²) in [5.41, 5.74) is 1.51. The lowest BCUT2D eigenvalue weighted by molar-refractivity contribution is 0.0461. The Balaban J connectivity index is 0.00000106. The number of carbonyl (C=O) groups excluding carboxylic acids is 1. The van der Waals surface area contributed by atoms with Gasteiger partial charge in [0, 0.05) is 5.56 Å². The number of carbonyl (C=O) groups is 1. The smallest absolute Gasteiger partial charge is 0.408 e. The number of hydrogen-bond acceptors (Lipinski definition) is 4. The molecule has 0 radical (unpaired) electrons. The molecule has 21 heavy (non-hydrogen) atoms. The Hall–Kier alpha value is -1.72. The first-order valence-corrected chi connectivity index (χ1v) is 7.42. The third-order valence-corrected chi connectivity index (χ3v) is 2.90. The van der Waals surface area contributed by atoms with Gasteiger partial charge in [-0.05, 0) is 34.6 Å². The summed E-state index contributed by atoms with van der Waals surface area (Å²) < 4.78 is 12.7. The predicted octanol–water partition coefficient (Wildman–Crippen LogP) is 2.81. The Kier molecular flexibility index (Phi) is 5.63. The largest absolute Gasteiger partial charge is 0.475 e. The lowest BCUT2D eigenvalue weighted by Crippen LogP contribution is -2.46. The molecule has 0 spiro atoms. The number of amides is 1. The minimum absolute atomic E-state index is 0.124. The lowest BCUT2D eigenvalue weighted by Gasteiger charge is -2.27. The zero-order chi connectivity index (χ0) is 16.2. The highest BCUT2D eigenvalue weighted by molar-refractivity contribution is 5.68. The third-order valence-electron chi connectivity index (χ3n) is 2.90. The SMILES string of the molecule is CC.Cc1nn2c(c1C)OCC(NC(=O)OC(C)(C)C)C2. The van der Waals surface area contributed by atoms with Crippen LogP contribution in [-0.2, 0) is 11.3 Å². The second kappa shape index (κ2) is 6.83. The van der Waals surface area contributed by atoms with Gasteiger partial charge < -0.3 is 14.8 Å². The molecule has 2 rings (SSSR count). The van der Waals surface area contributed by atoms with Crippen LogP contribution in [-0.4, -0.2) is 34.1 Å². The third kappa shape index (κ3) is 4.65. The predicted molar refractivity (Wildman–Crippen MR) is 81.7 cm³/mol. The van der Waals surface area contributed by atoms with Gasteiger partial charge in [0.1, 0.15) is 12.2 Å². The van der Waals surface area contributed by atoms with Crippen molar-refractivity contribution in [2.24, 2.45) is 0 Å². The topological polar surface area (TPSA) is 65.4 Å². The molecule has 2 heterocycles. The van der Waals surface area contributed by atoms with Crippen molar-refractivity contribution >= 4 is 6.09 Å². The van der Waals surface area contributed by atoms with Crippen LogP contribution in [0.25, 0.3) is 0 Å². The van der Waals surface area contributed by atoms with E-state index in [1.54, 1.807) is 4.68 Å². The number of nitrogens with zero attached hydrogens (tertiary/aromatic N) is 2. The number of alkyl carbamates (subject to hydrolysis) is 1. The van der Waals surface area contributed by atoms with E-state index in [0.717, 1.165) is 17.1 Å². The number of nitrogens with one attached hydrogen (secondary N) is 1. The molecule has 1 atom stereocenters. The molecule has 0 fully saturated rings. The van der Waals surface area contributed by atoms with Crippen molar-refractivity contribution < 1.29 is 14.3 Å². The molecule has 1 N–H and O–H groups in total. The van der Waals surface area contributed by atoms with E-state index in [4.69, 9.17) is 9.47 Å². The van der Waals surface area contributed by atoms with Gasteiger partial charge in [0.05, 0.1) is 18.3 Å². The first-order chi connectivity index (χ1) is 9.76. The Labute approximate surface area is 126 Å². The average molecular weight is 297 g/mol. The molecule has 1 aromatic heterocycles. The standard InChI is InChI=1S/C13H21N3O3.C2H6/c1-8-9(2)15-16-6-10(7-18-11(8)16)14-12(17)19-13(3,4)5;1-2/h10H,6-7H2,1-5H3,(H,14,17);1-2H3. The average Bonchev–Trinajstić information content (AvgIpc) is 2.65. The summed E-state index contributed by atoms with van der Waals surface area (Å²) in [4.78, 5) is 11.7. The monoisotopic (exact) mass is 297 g/mol. The summed E-state index contributed by atoms with van der Waals surface area (Å²) >= 11 is 0. The van der Waals surface area contributed by atoms with Gasteiger partial charge in [-0.15, -0.1) is 0 Å². The van der Waals surface area contributed by atoms with Crippen LogP contribution in [0.15, 0.2) is 0 Å². The summed E-state index contributed by atoms with van der Waals surface area (Å²) in [6.07, 6.45) is -0.426. The van der Waals surface area contributed by atoms with Gasteiger partial charge in [0.25, 0.3) is 0 Å². The van der Waals surface area contributed by atoms with Crippen molar-refractivity contribution in [3.8, 4) is 5.88 Å². The number of fused-ring (bicyclic) bond motifs is 1. The molecule has 120 valence electrons. The van der Waals surface area contributed by atoms with Crippen molar-refractivity contribution in [2.45, 2.75) is 66.7 Å². The van der Waals surface area contributed by atoms with E-state index in [-0.39, 0.29) is 6.04 Å². The molecule has 0 aromatic carbocycles. The van der Waals surface area contributed by atoms with E-state index >= 15 is 0 Å². The van der Waals surface area contributed by atoms with Crippen molar-refractivity contribution in [2.75, 3.05) is 6.61 Å². The minimum Gasteiger partial charge on any atom is -0.475 e. The fourth-order valence-electron chi connectivity index (χ4n) is 1.96. The summed E-state index contributed by atoms with van der Waals surface area (Å²) in [5, 5.41) is 7.18. The minimum atomic E-state index is -0.496. The van der Waals surface area contributed by atoms with Gasteiger partial charge in [-0.2, -0.15) is 5.10 Å². The van der Waals surface area contributed by atoms with Gasteiger partial charge >= 0.3 is 6.09 Å². The van der Waals surface area contributed by atoms with Crippen LogP contribution in [0.5, 0.6) is 5.88 Å². The number of ether oxygens (including phenoxy) is 2. The molecule has 0 aliphatic carbocycles. The maximum atomic E-state index is 11.7. The van der Waals surface area contributed by atoms with E-state index in [9.17, 15) is 4.79 Å². The molecular formula is C15H27N3O3. The van der Waals surface area contributed by atoms with Gasteiger partial charge in [-0.1, -0.05) is 13.8 Å². The van der Waals surface area contributed by atoms with Crippen LogP contribution in [0.2, 0.25) is 0 Å². The van der Waals surface area contributed by atoms with Crippen LogP contribution in [0.4, 0.5) is 4.79 Å². The van der Waals surface area contributed by atoms with Gasteiger partial charge in [0.15, 0.2) is 0 Å². The Morgan fingerprint density at radius 3 is 2.57 bits per heavy atom. The van der Waals surface area contributed by atoms with Crippen LogP contribution in [0.3, 0.4) is 0 Å². The van der Waals surface area contributed by atoms with Gasteiger partial charge in [0.2, 0.25) is 5.88 Å². The maximum absolute atomic E-state index is 11.7. The zero-order valence-electron chi connectivity index (χ0n) is 14.1. The molecular weight excluding hydrogens is 270 g/mol. The quantitative estimate of drug-likeness (QED) is 0.865. The van der Waals surface area contributed by atoms with Crippen LogP contribution in [0, 0.1) is 13.8 Å². The normalized spacial score (nSPS) is 17.0.